The van der Waals surface area contributed by atoms with Crippen molar-refractivity contribution in [1.29, 1.82) is 0 Å². The van der Waals surface area contributed by atoms with Crippen LogP contribution in [0.25, 0.3) is 0 Å². The van der Waals surface area contributed by atoms with Crippen LogP contribution in [0.5, 0.6) is 0 Å². The van der Waals surface area contributed by atoms with E-state index in [2.05, 4.69) is 0 Å². The Labute approximate surface area is 59.2 Å². The lowest BCUT2D eigenvalue weighted by Crippen LogP contribution is -2.03. The van der Waals surface area contributed by atoms with Gasteiger partial charge in [-0.1, -0.05) is 0 Å². The molecule has 0 unspecified atom stereocenters. The van der Waals surface area contributed by atoms with E-state index in [0.29, 0.717) is 6.73 Å². The van der Waals surface area contributed by atoms with Crippen molar-refractivity contribution in [1.82, 2.24) is 4.57 Å². The highest BCUT2D eigenvalue weighted by atomic mass is 16.5. The number of nitrogens with zero attached hydrogens (tertiary/aromatic N) is 1. The van der Waals surface area contributed by atoms with Gasteiger partial charge in [0, 0.05) is 19.3 Å². The van der Waals surface area contributed by atoms with E-state index in [9.17, 15) is 4.79 Å². The van der Waals surface area contributed by atoms with Gasteiger partial charge in [-0.05, 0) is 12.1 Å². The minimum atomic E-state index is -0.256. The van der Waals surface area contributed by atoms with Crippen molar-refractivity contribution in [3.05, 3.63) is 24.5 Å². The van der Waals surface area contributed by atoms with Crippen LogP contribution in [0.4, 0.5) is 0 Å². The predicted octanol–water partition coefficient (Wildman–Crippen LogP) is 1.01. The first-order valence-corrected chi connectivity index (χ1v) is 3.03. The maximum Gasteiger partial charge on any atom is 0.304 e. The average molecular weight is 139 g/mol. The first kappa shape index (κ1) is 6.86. The lowest BCUT2D eigenvalue weighted by atomic mass is 10.7. The number of rotatable bonds is 2. The summed E-state index contributed by atoms with van der Waals surface area (Å²) in [5.41, 5.74) is 0. The number of hydrogen-bond donors (Lipinski definition) is 0. The molecule has 1 aromatic rings. The monoisotopic (exact) mass is 139 g/mol. The maximum atomic E-state index is 10.3. The minimum absolute atomic E-state index is 0.256. The summed E-state index contributed by atoms with van der Waals surface area (Å²) in [6.45, 7) is 1.70. The average Bonchev–Trinajstić information content (AvgIpc) is 2.34. The second-order valence-electron chi connectivity index (χ2n) is 1.96. The predicted molar refractivity (Wildman–Crippen MR) is 36.2 cm³/mol. The largest absolute Gasteiger partial charge is 0.444 e. The summed E-state index contributed by atoms with van der Waals surface area (Å²) in [5, 5.41) is 0. The lowest BCUT2D eigenvalue weighted by Gasteiger charge is -2.00. The van der Waals surface area contributed by atoms with E-state index in [4.69, 9.17) is 4.74 Å². The third-order valence-corrected chi connectivity index (χ3v) is 1.08. The number of aromatic nitrogens is 1. The fraction of sp³-hybridized carbons (Fsp3) is 0.286. The molecule has 1 heterocycles. The summed E-state index contributed by atoms with van der Waals surface area (Å²) < 4.78 is 6.49. The quantitative estimate of drug-likeness (QED) is 0.572. The third kappa shape index (κ3) is 1.93. The zero-order valence-electron chi connectivity index (χ0n) is 5.78. The van der Waals surface area contributed by atoms with Gasteiger partial charge in [0.1, 0.15) is 0 Å². The molecule has 0 N–H and O–H groups in total. The molecule has 10 heavy (non-hydrogen) atoms. The Kier molecular flexibility index (Phi) is 2.10. The molecule has 0 bridgehead atoms. The topological polar surface area (TPSA) is 31.2 Å². The SMILES string of the molecule is CC(=O)OCn1cccc1. The van der Waals surface area contributed by atoms with Crippen LogP contribution >= 0.6 is 0 Å². The highest BCUT2D eigenvalue weighted by Crippen LogP contribution is 1.90. The van der Waals surface area contributed by atoms with Crippen molar-refractivity contribution in [2.45, 2.75) is 13.7 Å². The zero-order chi connectivity index (χ0) is 7.40. The van der Waals surface area contributed by atoms with E-state index in [1.165, 1.54) is 6.92 Å². The molecule has 54 valence electrons. The van der Waals surface area contributed by atoms with Gasteiger partial charge in [-0.25, -0.2) is 0 Å². The summed E-state index contributed by atoms with van der Waals surface area (Å²) in [4.78, 5) is 10.3. The molecule has 0 atom stereocenters. The highest BCUT2D eigenvalue weighted by molar-refractivity contribution is 5.65. The molecule has 1 aromatic heterocycles. The normalized spacial score (nSPS) is 9.30. The first-order chi connectivity index (χ1) is 4.79. The van der Waals surface area contributed by atoms with Gasteiger partial charge in [-0.15, -0.1) is 0 Å². The second kappa shape index (κ2) is 3.06. The molecule has 0 amide bonds. The van der Waals surface area contributed by atoms with Gasteiger partial charge in [-0.2, -0.15) is 0 Å². The molecule has 0 saturated carbocycles. The molecule has 0 aliphatic carbocycles. The zero-order valence-corrected chi connectivity index (χ0v) is 5.78. The van der Waals surface area contributed by atoms with Crippen molar-refractivity contribution in [3.63, 3.8) is 0 Å². The van der Waals surface area contributed by atoms with Crippen LogP contribution in [0.15, 0.2) is 24.5 Å². The van der Waals surface area contributed by atoms with Crippen molar-refractivity contribution in [3.8, 4) is 0 Å². The smallest absolute Gasteiger partial charge is 0.304 e. The standard InChI is InChI=1S/C7H9NO2/c1-7(9)10-6-8-4-2-3-5-8/h2-5H,6H2,1H3. The van der Waals surface area contributed by atoms with Crippen LogP contribution in [0, 0.1) is 0 Å². The number of carbonyl (C=O) groups excluding carboxylic acids is 1. The summed E-state index contributed by atoms with van der Waals surface area (Å²) in [6.07, 6.45) is 3.67. The van der Waals surface area contributed by atoms with E-state index < -0.39 is 0 Å². The van der Waals surface area contributed by atoms with Gasteiger partial charge >= 0.3 is 5.97 Å². The Balaban J connectivity index is 2.35. The molecular weight excluding hydrogens is 130 g/mol. The van der Waals surface area contributed by atoms with Crippen molar-refractivity contribution >= 4 is 5.97 Å². The molecule has 0 radical (unpaired) electrons. The van der Waals surface area contributed by atoms with Crippen LogP contribution in [0.2, 0.25) is 0 Å². The molecule has 0 fully saturated rings. The molecule has 0 aliphatic rings. The molecular formula is C7H9NO2. The summed E-state index contributed by atoms with van der Waals surface area (Å²) in [7, 11) is 0. The van der Waals surface area contributed by atoms with Crippen molar-refractivity contribution in [2.75, 3.05) is 0 Å². The van der Waals surface area contributed by atoms with E-state index in [1.807, 2.05) is 24.5 Å². The fourth-order valence-corrected chi connectivity index (χ4v) is 0.622. The van der Waals surface area contributed by atoms with Crippen LogP contribution in [-0.4, -0.2) is 10.5 Å². The summed E-state index contributed by atoms with van der Waals surface area (Å²) in [5.74, 6) is -0.256. The van der Waals surface area contributed by atoms with E-state index in [-0.39, 0.29) is 5.97 Å². The Hall–Kier alpha value is -1.25. The van der Waals surface area contributed by atoms with Gasteiger partial charge in [-0.3, -0.25) is 4.79 Å². The highest BCUT2D eigenvalue weighted by Gasteiger charge is 1.90. The summed E-state index contributed by atoms with van der Waals surface area (Å²) >= 11 is 0. The van der Waals surface area contributed by atoms with Crippen LogP contribution in [0.1, 0.15) is 6.92 Å². The van der Waals surface area contributed by atoms with Crippen molar-refractivity contribution in [2.24, 2.45) is 0 Å². The molecule has 0 aliphatic heterocycles. The van der Waals surface area contributed by atoms with E-state index >= 15 is 0 Å². The molecule has 3 heteroatoms. The summed E-state index contributed by atoms with van der Waals surface area (Å²) in [6, 6.07) is 3.76. The molecule has 0 aromatic carbocycles. The molecule has 0 spiro atoms. The van der Waals surface area contributed by atoms with Crippen LogP contribution < -0.4 is 0 Å². The van der Waals surface area contributed by atoms with E-state index in [0.717, 1.165) is 0 Å². The number of hydrogen-bond acceptors (Lipinski definition) is 2. The van der Waals surface area contributed by atoms with Crippen LogP contribution in [-0.2, 0) is 16.3 Å². The fourth-order valence-electron chi connectivity index (χ4n) is 0.622. The maximum absolute atomic E-state index is 10.3. The Morgan fingerprint density at radius 2 is 2.10 bits per heavy atom. The van der Waals surface area contributed by atoms with E-state index in [1.54, 1.807) is 4.57 Å². The van der Waals surface area contributed by atoms with Crippen LogP contribution in [0.3, 0.4) is 0 Å². The molecule has 1 rings (SSSR count). The van der Waals surface area contributed by atoms with Gasteiger partial charge in [0.15, 0.2) is 6.73 Å². The lowest BCUT2D eigenvalue weighted by molar-refractivity contribution is -0.144. The molecule has 3 nitrogen and oxygen atoms in total. The Morgan fingerprint density at radius 1 is 1.50 bits per heavy atom. The number of carbonyl (C=O) groups is 1. The third-order valence-electron chi connectivity index (χ3n) is 1.08. The van der Waals surface area contributed by atoms with Gasteiger partial charge in [0.2, 0.25) is 0 Å². The van der Waals surface area contributed by atoms with Gasteiger partial charge in [0.05, 0.1) is 0 Å². The molecule has 0 saturated heterocycles. The number of esters is 1. The second-order valence-corrected chi connectivity index (χ2v) is 1.96. The Bertz CT molecular complexity index is 203. The first-order valence-electron chi connectivity index (χ1n) is 3.03. The van der Waals surface area contributed by atoms with Gasteiger partial charge in [0.25, 0.3) is 0 Å². The van der Waals surface area contributed by atoms with Gasteiger partial charge < -0.3 is 9.30 Å². The number of ether oxygens (including phenoxy) is 1. The van der Waals surface area contributed by atoms with Crippen molar-refractivity contribution < 1.29 is 9.53 Å². The minimum Gasteiger partial charge on any atom is -0.444 e. The Morgan fingerprint density at radius 3 is 2.60 bits per heavy atom.